The summed E-state index contributed by atoms with van der Waals surface area (Å²) in [5, 5.41) is 0. The molecule has 15 heavy (non-hydrogen) atoms. The van der Waals surface area contributed by atoms with Crippen LogP contribution in [0, 0.1) is 0 Å². The van der Waals surface area contributed by atoms with Crippen molar-refractivity contribution in [3.8, 4) is 0 Å². The van der Waals surface area contributed by atoms with Crippen molar-refractivity contribution in [2.24, 2.45) is 4.99 Å². The maximum Gasteiger partial charge on any atom is 0.0343 e. The van der Waals surface area contributed by atoms with Gasteiger partial charge >= 0.3 is 0 Å². The second kappa shape index (κ2) is 8.22. The smallest absolute Gasteiger partial charge is 0.0343 e. The molecule has 0 aromatic rings. The van der Waals surface area contributed by atoms with Gasteiger partial charge in [-0.15, -0.1) is 0 Å². The van der Waals surface area contributed by atoms with E-state index >= 15 is 0 Å². The predicted molar refractivity (Wildman–Crippen MR) is 70.6 cm³/mol. The van der Waals surface area contributed by atoms with Crippen LogP contribution in [0.5, 0.6) is 0 Å². The van der Waals surface area contributed by atoms with Gasteiger partial charge in [0.25, 0.3) is 0 Å². The Morgan fingerprint density at radius 1 is 1.00 bits per heavy atom. The van der Waals surface area contributed by atoms with Crippen molar-refractivity contribution in [1.29, 1.82) is 0 Å². The molecule has 0 spiro atoms. The lowest BCUT2D eigenvalue weighted by atomic mass is 10.1. The van der Waals surface area contributed by atoms with Gasteiger partial charge in [0.05, 0.1) is 0 Å². The van der Waals surface area contributed by atoms with Crippen molar-refractivity contribution in [3.05, 3.63) is 35.5 Å². The van der Waals surface area contributed by atoms with Gasteiger partial charge in [0.15, 0.2) is 0 Å². The van der Waals surface area contributed by atoms with Crippen LogP contribution in [0.4, 0.5) is 0 Å². The van der Waals surface area contributed by atoms with Gasteiger partial charge in [0.2, 0.25) is 0 Å². The van der Waals surface area contributed by atoms with E-state index in [0.29, 0.717) is 0 Å². The number of hydrogen-bond acceptors (Lipinski definition) is 1. The van der Waals surface area contributed by atoms with Crippen LogP contribution in [0.3, 0.4) is 0 Å². The van der Waals surface area contributed by atoms with Crippen LogP contribution in [0.1, 0.15) is 40.5 Å². The van der Waals surface area contributed by atoms with E-state index in [-0.39, 0.29) is 0 Å². The Morgan fingerprint density at radius 2 is 1.53 bits per heavy atom. The third kappa shape index (κ3) is 6.05. The minimum Gasteiger partial charge on any atom is -0.293 e. The topological polar surface area (TPSA) is 12.4 Å². The quantitative estimate of drug-likeness (QED) is 0.468. The van der Waals surface area contributed by atoms with Gasteiger partial charge in [-0.2, -0.15) is 0 Å². The number of nitrogens with zero attached hydrogens (tertiary/aromatic N) is 1. The lowest BCUT2D eigenvalue weighted by Crippen LogP contribution is -1.91. The molecule has 0 atom stereocenters. The fourth-order valence-electron chi connectivity index (χ4n) is 1.17. The summed E-state index contributed by atoms with van der Waals surface area (Å²) in [5.41, 5.74) is 3.80. The minimum atomic E-state index is 1.09. The second-order valence-electron chi connectivity index (χ2n) is 3.58. The molecule has 84 valence electrons. The molecule has 0 N–H and O–H groups in total. The molecule has 0 radical (unpaired) electrons. The van der Waals surface area contributed by atoms with Crippen LogP contribution in [-0.2, 0) is 0 Å². The van der Waals surface area contributed by atoms with Gasteiger partial charge in [-0.1, -0.05) is 43.7 Å². The Labute approximate surface area is 94.3 Å². The van der Waals surface area contributed by atoms with E-state index in [0.717, 1.165) is 18.6 Å². The van der Waals surface area contributed by atoms with E-state index in [9.17, 15) is 0 Å². The Hall–Kier alpha value is -1.11. The average molecular weight is 205 g/mol. The molecule has 0 heterocycles. The summed E-state index contributed by atoms with van der Waals surface area (Å²) in [6.45, 7) is 8.49. The molecule has 0 aromatic carbocycles. The highest BCUT2D eigenvalue weighted by Gasteiger charge is 1.89. The van der Waals surface area contributed by atoms with Crippen molar-refractivity contribution >= 4 is 5.71 Å². The Bertz CT molecular complexity index is 284. The number of allylic oxidation sites excluding steroid dienone is 6. The van der Waals surface area contributed by atoms with Gasteiger partial charge < -0.3 is 0 Å². The Balaban J connectivity index is 4.38. The van der Waals surface area contributed by atoms with Crippen molar-refractivity contribution in [2.75, 3.05) is 7.05 Å². The summed E-state index contributed by atoms with van der Waals surface area (Å²) in [5.74, 6) is 0. The zero-order valence-corrected chi connectivity index (χ0v) is 10.7. The van der Waals surface area contributed by atoms with Crippen molar-refractivity contribution in [2.45, 2.75) is 40.5 Å². The third-order valence-corrected chi connectivity index (χ3v) is 2.60. The highest BCUT2D eigenvalue weighted by Crippen LogP contribution is 2.05. The summed E-state index contributed by atoms with van der Waals surface area (Å²) in [7, 11) is 1.82. The lowest BCUT2D eigenvalue weighted by Gasteiger charge is -1.96. The lowest BCUT2D eigenvalue weighted by molar-refractivity contribution is 0.978. The number of hydrogen-bond donors (Lipinski definition) is 0. The molecule has 0 aliphatic rings. The zero-order valence-electron chi connectivity index (χ0n) is 10.7. The van der Waals surface area contributed by atoms with Gasteiger partial charge in [0.1, 0.15) is 0 Å². The van der Waals surface area contributed by atoms with Crippen LogP contribution in [0.15, 0.2) is 40.4 Å². The van der Waals surface area contributed by atoms with E-state index in [4.69, 9.17) is 0 Å². The summed E-state index contributed by atoms with van der Waals surface area (Å²) in [6, 6.07) is 0. The van der Waals surface area contributed by atoms with Gasteiger partial charge in [-0.25, -0.2) is 0 Å². The van der Waals surface area contributed by atoms with E-state index in [1.807, 2.05) is 14.0 Å². The fraction of sp³-hybridized carbons (Fsp3) is 0.500. The minimum absolute atomic E-state index is 1.09. The van der Waals surface area contributed by atoms with E-state index < -0.39 is 0 Å². The molecular formula is C14H23N. The highest BCUT2D eigenvalue weighted by molar-refractivity contribution is 5.97. The van der Waals surface area contributed by atoms with Crippen LogP contribution < -0.4 is 0 Å². The first-order valence-electron chi connectivity index (χ1n) is 5.62. The normalized spacial score (nSPS) is 13.4. The van der Waals surface area contributed by atoms with E-state index in [1.54, 1.807) is 0 Å². The largest absolute Gasteiger partial charge is 0.293 e. The molecule has 0 fully saturated rings. The first-order valence-corrected chi connectivity index (χ1v) is 5.62. The average Bonchev–Trinajstić information content (AvgIpc) is 2.27. The molecule has 1 heteroatoms. The van der Waals surface area contributed by atoms with Crippen LogP contribution in [-0.4, -0.2) is 12.8 Å². The molecule has 0 saturated heterocycles. The van der Waals surface area contributed by atoms with Crippen molar-refractivity contribution < 1.29 is 0 Å². The van der Waals surface area contributed by atoms with Crippen LogP contribution >= 0.6 is 0 Å². The fourth-order valence-corrected chi connectivity index (χ4v) is 1.17. The molecule has 0 amide bonds. The highest BCUT2D eigenvalue weighted by atomic mass is 14.7. The second-order valence-corrected chi connectivity index (χ2v) is 3.58. The molecule has 0 rings (SSSR count). The first kappa shape index (κ1) is 13.9. The van der Waals surface area contributed by atoms with Gasteiger partial charge in [-0.05, 0) is 32.3 Å². The van der Waals surface area contributed by atoms with E-state index in [1.165, 1.54) is 11.1 Å². The Kier molecular flexibility index (Phi) is 7.61. The molecule has 0 aliphatic carbocycles. The maximum atomic E-state index is 4.13. The van der Waals surface area contributed by atoms with Crippen LogP contribution in [0.2, 0.25) is 0 Å². The molecule has 0 unspecified atom stereocenters. The van der Waals surface area contributed by atoms with Crippen LogP contribution in [0.25, 0.3) is 0 Å². The SMILES string of the molecule is CCC(=C/C=C\C=C(/C)C(C)=NC)CC. The molecular weight excluding hydrogens is 182 g/mol. The van der Waals surface area contributed by atoms with Crippen molar-refractivity contribution in [3.63, 3.8) is 0 Å². The van der Waals surface area contributed by atoms with Gasteiger partial charge in [-0.3, -0.25) is 4.99 Å². The first-order chi connectivity index (χ1) is 7.15. The number of aliphatic imine (C=N–C) groups is 1. The molecule has 0 aromatic heterocycles. The van der Waals surface area contributed by atoms with Gasteiger partial charge in [0, 0.05) is 12.8 Å². The predicted octanol–water partition coefficient (Wildman–Crippen LogP) is 4.33. The standard InChI is InChI=1S/C14H23N/c1-6-14(7-2)11-9-8-10-12(3)13(4)15-5/h8-11H,6-7H2,1-5H3/b9-8-,12-10+,15-13?. The molecule has 1 nitrogen and oxygen atoms in total. The van der Waals surface area contributed by atoms with E-state index in [2.05, 4.69) is 50.1 Å². The third-order valence-electron chi connectivity index (χ3n) is 2.60. The molecule has 0 saturated carbocycles. The summed E-state index contributed by atoms with van der Waals surface area (Å²) < 4.78 is 0. The summed E-state index contributed by atoms with van der Waals surface area (Å²) in [6.07, 6.45) is 10.8. The maximum absolute atomic E-state index is 4.13. The zero-order chi connectivity index (χ0) is 11.7. The molecule has 0 bridgehead atoms. The molecule has 0 aliphatic heterocycles. The van der Waals surface area contributed by atoms with Crippen molar-refractivity contribution in [1.82, 2.24) is 0 Å². The number of rotatable bonds is 5. The summed E-state index contributed by atoms with van der Waals surface area (Å²) >= 11 is 0. The summed E-state index contributed by atoms with van der Waals surface area (Å²) in [4.78, 5) is 4.13. The Morgan fingerprint density at radius 3 is 2.00 bits per heavy atom. The monoisotopic (exact) mass is 205 g/mol.